The zero-order valence-corrected chi connectivity index (χ0v) is 16.3. The molecule has 2 N–H and O–H groups in total. The normalized spacial score (nSPS) is 20.2. The van der Waals surface area contributed by atoms with E-state index < -0.39 is 24.3 Å². The lowest BCUT2D eigenvalue weighted by molar-refractivity contribution is -0.170. The Morgan fingerprint density at radius 3 is 2.48 bits per heavy atom. The summed E-state index contributed by atoms with van der Waals surface area (Å²) in [6.07, 6.45) is 0.248. The molecule has 1 heterocycles. The molecular formula is C20H28N2O5. The minimum absolute atomic E-state index is 0.211. The molecule has 0 saturated carbocycles. The summed E-state index contributed by atoms with van der Waals surface area (Å²) in [5.41, 5.74) is 1.56. The van der Waals surface area contributed by atoms with Crippen LogP contribution in [0.15, 0.2) is 24.3 Å². The first-order chi connectivity index (χ1) is 12.8. The number of carbonyl (C=O) groups excluding carboxylic acids is 3. The van der Waals surface area contributed by atoms with E-state index in [4.69, 9.17) is 9.47 Å². The van der Waals surface area contributed by atoms with Crippen LogP contribution in [0.4, 0.5) is 0 Å². The molecule has 27 heavy (non-hydrogen) atoms. The van der Waals surface area contributed by atoms with E-state index >= 15 is 0 Å². The molecule has 1 fully saturated rings. The molecule has 1 saturated heterocycles. The number of benzene rings is 1. The molecule has 1 aromatic carbocycles. The highest BCUT2D eigenvalue weighted by Crippen LogP contribution is 2.16. The zero-order chi connectivity index (χ0) is 20.0. The number of nitrogens with one attached hydrogen (secondary N) is 2. The second-order valence-corrected chi connectivity index (χ2v) is 7.27. The van der Waals surface area contributed by atoms with E-state index in [0.29, 0.717) is 25.0 Å². The van der Waals surface area contributed by atoms with Crippen LogP contribution in [-0.4, -0.2) is 42.8 Å². The van der Waals surface area contributed by atoms with E-state index in [-0.39, 0.29) is 17.7 Å². The summed E-state index contributed by atoms with van der Waals surface area (Å²) in [6, 6.07) is 6.06. The van der Waals surface area contributed by atoms with Crippen molar-refractivity contribution in [2.24, 2.45) is 5.92 Å². The van der Waals surface area contributed by atoms with Crippen molar-refractivity contribution in [3.63, 3.8) is 0 Å². The van der Waals surface area contributed by atoms with Crippen LogP contribution in [0.1, 0.15) is 49.5 Å². The molecule has 0 spiro atoms. The Labute approximate surface area is 159 Å². The maximum Gasteiger partial charge on any atom is 0.305 e. The van der Waals surface area contributed by atoms with Crippen LogP contribution >= 0.6 is 0 Å². The minimum atomic E-state index is -0.793. The second-order valence-electron chi connectivity index (χ2n) is 7.27. The van der Waals surface area contributed by atoms with Crippen molar-refractivity contribution in [3.8, 4) is 0 Å². The van der Waals surface area contributed by atoms with Crippen molar-refractivity contribution in [1.82, 2.24) is 10.6 Å². The lowest BCUT2D eigenvalue weighted by Gasteiger charge is -2.24. The number of amides is 2. The second kappa shape index (κ2) is 9.50. The maximum absolute atomic E-state index is 12.8. The third kappa shape index (κ3) is 6.36. The van der Waals surface area contributed by atoms with Gasteiger partial charge in [-0.1, -0.05) is 31.5 Å². The van der Waals surface area contributed by atoms with E-state index in [1.54, 1.807) is 12.1 Å². The molecule has 2 amide bonds. The molecule has 1 unspecified atom stereocenters. The van der Waals surface area contributed by atoms with Crippen LogP contribution in [0.25, 0.3) is 0 Å². The first-order valence-electron chi connectivity index (χ1n) is 9.23. The highest BCUT2D eigenvalue weighted by Gasteiger charge is 2.34. The van der Waals surface area contributed by atoms with Gasteiger partial charge >= 0.3 is 5.97 Å². The van der Waals surface area contributed by atoms with Gasteiger partial charge in [0.05, 0.1) is 12.6 Å². The Hall–Kier alpha value is -2.41. The van der Waals surface area contributed by atoms with Gasteiger partial charge in [0, 0.05) is 12.5 Å². The van der Waals surface area contributed by atoms with E-state index in [9.17, 15) is 14.4 Å². The van der Waals surface area contributed by atoms with Gasteiger partial charge in [-0.15, -0.1) is 0 Å². The third-order valence-electron chi connectivity index (χ3n) is 4.29. The molecule has 0 aromatic heterocycles. The van der Waals surface area contributed by atoms with Crippen molar-refractivity contribution in [3.05, 3.63) is 35.4 Å². The molecule has 7 nitrogen and oxygen atoms in total. The van der Waals surface area contributed by atoms with E-state index in [0.717, 1.165) is 5.56 Å². The first kappa shape index (κ1) is 20.9. The number of hydrogen-bond donors (Lipinski definition) is 2. The Bertz CT molecular complexity index is 671. The highest BCUT2D eigenvalue weighted by molar-refractivity contribution is 5.97. The topological polar surface area (TPSA) is 93.7 Å². The fourth-order valence-electron chi connectivity index (χ4n) is 2.92. The molecule has 7 heteroatoms. The summed E-state index contributed by atoms with van der Waals surface area (Å²) in [5, 5.41) is 5.66. The standard InChI is InChI=1S/C20H28N2O5/c1-12(2)11-17(22-18(24)15-7-5-13(3)6-8-15)19(25)21-16-9-10-26-20(16)27-14(4)23/h5-8,12,16-17,20H,9-11H2,1-4H3,(H,21,25)(H,22,24)/t16-,17?,20-/m0/s1. The van der Waals surface area contributed by atoms with Crippen LogP contribution in [0.5, 0.6) is 0 Å². The van der Waals surface area contributed by atoms with Gasteiger partial charge < -0.3 is 20.1 Å². The SMILES string of the molecule is CC(=O)O[C@@H]1OCC[C@@H]1NC(=O)C(CC(C)C)NC(=O)c1ccc(C)cc1. The fraction of sp³-hybridized carbons (Fsp3) is 0.550. The van der Waals surface area contributed by atoms with Crippen molar-refractivity contribution in [2.75, 3.05) is 6.61 Å². The monoisotopic (exact) mass is 376 g/mol. The van der Waals surface area contributed by atoms with Crippen molar-refractivity contribution in [2.45, 2.75) is 58.9 Å². The van der Waals surface area contributed by atoms with Gasteiger partial charge in [-0.25, -0.2) is 0 Å². The quantitative estimate of drug-likeness (QED) is 0.709. The van der Waals surface area contributed by atoms with Crippen LogP contribution in [-0.2, 0) is 19.1 Å². The minimum Gasteiger partial charge on any atom is -0.434 e. The molecule has 0 aliphatic carbocycles. The summed E-state index contributed by atoms with van der Waals surface area (Å²) in [5.74, 6) is -0.859. The van der Waals surface area contributed by atoms with Crippen LogP contribution in [0.3, 0.4) is 0 Å². The van der Waals surface area contributed by atoms with Gasteiger partial charge in [0.1, 0.15) is 6.04 Å². The molecule has 3 atom stereocenters. The Kier molecular flexibility index (Phi) is 7.36. The molecule has 1 aromatic rings. The van der Waals surface area contributed by atoms with Crippen molar-refractivity contribution < 1.29 is 23.9 Å². The van der Waals surface area contributed by atoms with Gasteiger partial charge in [0.25, 0.3) is 5.91 Å². The molecule has 1 aliphatic rings. The lowest BCUT2D eigenvalue weighted by atomic mass is 10.0. The van der Waals surface area contributed by atoms with Gasteiger partial charge in [-0.05, 0) is 37.8 Å². The third-order valence-corrected chi connectivity index (χ3v) is 4.29. The lowest BCUT2D eigenvalue weighted by Crippen LogP contribution is -2.52. The molecule has 1 aliphatic heterocycles. The average molecular weight is 376 g/mol. The number of esters is 1. The van der Waals surface area contributed by atoms with E-state index in [2.05, 4.69) is 10.6 Å². The summed E-state index contributed by atoms with van der Waals surface area (Å²) in [4.78, 5) is 36.4. The zero-order valence-electron chi connectivity index (χ0n) is 16.3. The van der Waals surface area contributed by atoms with Gasteiger partial charge in [-0.3, -0.25) is 14.4 Å². The summed E-state index contributed by atoms with van der Waals surface area (Å²) < 4.78 is 10.4. The predicted molar refractivity (Wildman–Crippen MR) is 99.9 cm³/mol. The molecular weight excluding hydrogens is 348 g/mol. The summed E-state index contributed by atoms with van der Waals surface area (Å²) in [7, 11) is 0. The fourth-order valence-corrected chi connectivity index (χ4v) is 2.92. The molecule has 0 radical (unpaired) electrons. The van der Waals surface area contributed by atoms with E-state index in [1.165, 1.54) is 6.92 Å². The number of carbonyl (C=O) groups is 3. The maximum atomic E-state index is 12.8. The largest absolute Gasteiger partial charge is 0.434 e. The number of rotatable bonds is 7. The van der Waals surface area contributed by atoms with Gasteiger partial charge in [-0.2, -0.15) is 0 Å². The number of ether oxygens (including phenoxy) is 2. The number of aryl methyl sites for hydroxylation is 1. The Morgan fingerprint density at radius 2 is 1.89 bits per heavy atom. The Morgan fingerprint density at radius 1 is 1.22 bits per heavy atom. The highest BCUT2D eigenvalue weighted by atomic mass is 16.7. The van der Waals surface area contributed by atoms with Gasteiger partial charge in [0.2, 0.25) is 12.2 Å². The molecule has 2 rings (SSSR count). The van der Waals surface area contributed by atoms with E-state index in [1.807, 2.05) is 32.9 Å². The average Bonchev–Trinajstić information content (AvgIpc) is 3.00. The first-order valence-corrected chi connectivity index (χ1v) is 9.23. The molecule has 0 bridgehead atoms. The van der Waals surface area contributed by atoms with Crippen molar-refractivity contribution >= 4 is 17.8 Å². The number of hydrogen-bond acceptors (Lipinski definition) is 5. The predicted octanol–water partition coefficient (Wildman–Crippen LogP) is 1.93. The summed E-state index contributed by atoms with van der Waals surface area (Å²) in [6.45, 7) is 7.61. The smallest absolute Gasteiger partial charge is 0.305 e. The van der Waals surface area contributed by atoms with Crippen LogP contribution in [0, 0.1) is 12.8 Å². The summed E-state index contributed by atoms with van der Waals surface area (Å²) >= 11 is 0. The van der Waals surface area contributed by atoms with Gasteiger partial charge in [0.15, 0.2) is 0 Å². The van der Waals surface area contributed by atoms with Crippen LogP contribution in [0.2, 0.25) is 0 Å². The van der Waals surface area contributed by atoms with Crippen LogP contribution < -0.4 is 10.6 Å². The molecule has 148 valence electrons. The Balaban J connectivity index is 2.03. The van der Waals surface area contributed by atoms with Crippen molar-refractivity contribution in [1.29, 1.82) is 0 Å².